The van der Waals surface area contributed by atoms with Crippen LogP contribution in [0.4, 0.5) is 0 Å². The first-order valence-electron chi connectivity index (χ1n) is 5.12. The number of aromatic nitrogens is 2. The molecule has 3 rings (SSSR count). The third-order valence-corrected chi connectivity index (χ3v) is 2.68. The van der Waals surface area contributed by atoms with Crippen molar-refractivity contribution in [2.24, 2.45) is 0 Å². The molecule has 1 aromatic carbocycles. The lowest BCUT2D eigenvalue weighted by atomic mass is 10.1. The molecule has 4 heteroatoms. The summed E-state index contributed by atoms with van der Waals surface area (Å²) in [7, 11) is 0. The van der Waals surface area contributed by atoms with Crippen molar-refractivity contribution in [3.63, 3.8) is 0 Å². The number of pyridine rings is 2. The molecule has 0 saturated carbocycles. The molecule has 17 heavy (non-hydrogen) atoms. The fourth-order valence-corrected chi connectivity index (χ4v) is 1.87. The average Bonchev–Trinajstić information content (AvgIpc) is 2.38. The van der Waals surface area contributed by atoms with E-state index in [2.05, 4.69) is 9.97 Å². The summed E-state index contributed by atoms with van der Waals surface area (Å²) in [6, 6.07) is 9.10. The second-order valence-corrected chi connectivity index (χ2v) is 3.74. The number of carboxylic acids is 1. The van der Waals surface area contributed by atoms with Gasteiger partial charge in [0, 0.05) is 23.2 Å². The van der Waals surface area contributed by atoms with E-state index in [9.17, 15) is 4.79 Å². The van der Waals surface area contributed by atoms with Gasteiger partial charge in [0.25, 0.3) is 0 Å². The third-order valence-electron chi connectivity index (χ3n) is 2.68. The van der Waals surface area contributed by atoms with Gasteiger partial charge < -0.3 is 5.11 Å². The van der Waals surface area contributed by atoms with E-state index < -0.39 is 5.97 Å². The Morgan fingerprint density at radius 1 is 1.18 bits per heavy atom. The van der Waals surface area contributed by atoms with Gasteiger partial charge in [-0.3, -0.25) is 9.97 Å². The lowest BCUT2D eigenvalue weighted by Gasteiger charge is -2.02. The van der Waals surface area contributed by atoms with Gasteiger partial charge in [0.15, 0.2) is 0 Å². The molecule has 0 bridgehead atoms. The average molecular weight is 224 g/mol. The van der Waals surface area contributed by atoms with E-state index in [-0.39, 0.29) is 5.56 Å². The zero-order valence-electron chi connectivity index (χ0n) is 8.79. The van der Waals surface area contributed by atoms with E-state index in [0.29, 0.717) is 0 Å². The monoisotopic (exact) mass is 224 g/mol. The van der Waals surface area contributed by atoms with Crippen molar-refractivity contribution in [3.8, 4) is 0 Å². The van der Waals surface area contributed by atoms with Crippen LogP contribution in [0.3, 0.4) is 0 Å². The molecule has 0 atom stereocenters. The number of hydrogen-bond donors (Lipinski definition) is 1. The van der Waals surface area contributed by atoms with Gasteiger partial charge in [-0.25, -0.2) is 4.79 Å². The molecule has 2 aromatic heterocycles. The van der Waals surface area contributed by atoms with Gasteiger partial charge in [-0.05, 0) is 24.3 Å². The highest BCUT2D eigenvalue weighted by molar-refractivity contribution is 6.05. The number of carbonyl (C=O) groups is 1. The van der Waals surface area contributed by atoms with Crippen LogP contribution in [0.25, 0.3) is 21.8 Å². The van der Waals surface area contributed by atoms with E-state index in [1.54, 1.807) is 12.3 Å². The SMILES string of the molecule is O=C(O)c1cnc2c(ccc3ncccc32)c1. The molecule has 0 aliphatic rings. The Morgan fingerprint density at radius 2 is 2.06 bits per heavy atom. The van der Waals surface area contributed by atoms with Crippen LogP contribution in [0.5, 0.6) is 0 Å². The maximum Gasteiger partial charge on any atom is 0.337 e. The molecular weight excluding hydrogens is 216 g/mol. The van der Waals surface area contributed by atoms with Crippen molar-refractivity contribution in [1.82, 2.24) is 9.97 Å². The Hall–Kier alpha value is -2.49. The van der Waals surface area contributed by atoms with Crippen molar-refractivity contribution in [3.05, 3.63) is 48.3 Å². The van der Waals surface area contributed by atoms with Gasteiger partial charge in [-0.15, -0.1) is 0 Å². The molecule has 2 heterocycles. The molecule has 0 aliphatic carbocycles. The van der Waals surface area contributed by atoms with Crippen molar-refractivity contribution in [1.29, 1.82) is 0 Å². The van der Waals surface area contributed by atoms with Crippen LogP contribution in [-0.2, 0) is 0 Å². The lowest BCUT2D eigenvalue weighted by Crippen LogP contribution is -1.97. The first kappa shape index (κ1) is 9.72. The van der Waals surface area contributed by atoms with Gasteiger partial charge in [0.2, 0.25) is 0 Å². The molecule has 0 spiro atoms. The number of aromatic carboxylic acids is 1. The normalized spacial score (nSPS) is 10.8. The molecule has 0 amide bonds. The number of benzene rings is 1. The van der Waals surface area contributed by atoms with Crippen LogP contribution >= 0.6 is 0 Å². The van der Waals surface area contributed by atoms with Gasteiger partial charge in [0.1, 0.15) is 0 Å². The Kier molecular flexibility index (Phi) is 2.01. The molecule has 0 aliphatic heterocycles. The summed E-state index contributed by atoms with van der Waals surface area (Å²) in [6.45, 7) is 0. The quantitative estimate of drug-likeness (QED) is 0.645. The van der Waals surface area contributed by atoms with Gasteiger partial charge in [0.05, 0.1) is 16.6 Å². The fraction of sp³-hybridized carbons (Fsp3) is 0. The summed E-state index contributed by atoms with van der Waals surface area (Å²) in [5.74, 6) is -0.967. The standard InChI is InChI=1S/C13H8N2O2/c16-13(17)9-6-8-3-4-11-10(2-1-5-14-11)12(8)15-7-9/h1-7H,(H,16,17). The zero-order valence-corrected chi connectivity index (χ0v) is 8.79. The molecule has 4 nitrogen and oxygen atoms in total. The zero-order chi connectivity index (χ0) is 11.8. The molecule has 0 radical (unpaired) electrons. The highest BCUT2D eigenvalue weighted by Crippen LogP contribution is 2.22. The number of carboxylic acid groups (broad SMARTS) is 1. The van der Waals surface area contributed by atoms with E-state index in [0.717, 1.165) is 21.8 Å². The van der Waals surface area contributed by atoms with Gasteiger partial charge in [-0.2, -0.15) is 0 Å². The van der Waals surface area contributed by atoms with Crippen molar-refractivity contribution < 1.29 is 9.90 Å². The maximum atomic E-state index is 10.9. The Balaban J connectivity index is 2.41. The van der Waals surface area contributed by atoms with Crippen LogP contribution in [0.2, 0.25) is 0 Å². The van der Waals surface area contributed by atoms with E-state index in [1.165, 1.54) is 6.20 Å². The van der Waals surface area contributed by atoms with E-state index in [4.69, 9.17) is 5.11 Å². The topological polar surface area (TPSA) is 63.1 Å². The smallest absolute Gasteiger partial charge is 0.337 e. The summed E-state index contributed by atoms with van der Waals surface area (Å²) in [4.78, 5) is 19.3. The minimum Gasteiger partial charge on any atom is -0.478 e. The minimum atomic E-state index is -0.967. The predicted molar refractivity (Wildman–Crippen MR) is 64.0 cm³/mol. The van der Waals surface area contributed by atoms with Gasteiger partial charge >= 0.3 is 5.97 Å². The predicted octanol–water partition coefficient (Wildman–Crippen LogP) is 2.48. The van der Waals surface area contributed by atoms with Crippen molar-refractivity contribution in [2.45, 2.75) is 0 Å². The van der Waals surface area contributed by atoms with E-state index >= 15 is 0 Å². The van der Waals surface area contributed by atoms with Crippen LogP contribution in [0.1, 0.15) is 10.4 Å². The molecule has 82 valence electrons. The maximum absolute atomic E-state index is 10.9. The van der Waals surface area contributed by atoms with Crippen molar-refractivity contribution >= 4 is 27.8 Å². The number of nitrogens with zero attached hydrogens (tertiary/aromatic N) is 2. The third kappa shape index (κ3) is 1.50. The molecule has 0 unspecified atom stereocenters. The van der Waals surface area contributed by atoms with Gasteiger partial charge in [-0.1, -0.05) is 6.07 Å². The summed E-state index contributed by atoms with van der Waals surface area (Å²) >= 11 is 0. The summed E-state index contributed by atoms with van der Waals surface area (Å²) < 4.78 is 0. The first-order valence-corrected chi connectivity index (χ1v) is 5.12. The number of rotatable bonds is 1. The largest absolute Gasteiger partial charge is 0.478 e. The highest BCUT2D eigenvalue weighted by atomic mass is 16.4. The second kappa shape index (κ2) is 3.52. The summed E-state index contributed by atoms with van der Waals surface area (Å²) in [6.07, 6.45) is 3.09. The molecule has 0 fully saturated rings. The Labute approximate surface area is 96.6 Å². The van der Waals surface area contributed by atoms with E-state index in [1.807, 2.05) is 24.3 Å². The summed E-state index contributed by atoms with van der Waals surface area (Å²) in [5, 5.41) is 10.6. The molecule has 3 aromatic rings. The Morgan fingerprint density at radius 3 is 2.88 bits per heavy atom. The Bertz CT molecular complexity index is 738. The van der Waals surface area contributed by atoms with Crippen molar-refractivity contribution in [2.75, 3.05) is 0 Å². The molecule has 0 saturated heterocycles. The number of hydrogen-bond acceptors (Lipinski definition) is 3. The van der Waals surface area contributed by atoms with Crippen LogP contribution in [0, 0.1) is 0 Å². The highest BCUT2D eigenvalue weighted by Gasteiger charge is 2.07. The first-order chi connectivity index (χ1) is 8.25. The van der Waals surface area contributed by atoms with Crippen LogP contribution < -0.4 is 0 Å². The number of fused-ring (bicyclic) bond motifs is 3. The van der Waals surface area contributed by atoms with Crippen LogP contribution in [0.15, 0.2) is 42.7 Å². The lowest BCUT2D eigenvalue weighted by molar-refractivity contribution is 0.0696. The molecule has 1 N–H and O–H groups in total. The molecular formula is C13H8N2O2. The minimum absolute atomic E-state index is 0.195. The second-order valence-electron chi connectivity index (χ2n) is 3.74. The van der Waals surface area contributed by atoms with Crippen LogP contribution in [-0.4, -0.2) is 21.0 Å². The fourth-order valence-electron chi connectivity index (χ4n) is 1.87. The summed E-state index contributed by atoms with van der Waals surface area (Å²) in [5.41, 5.74) is 1.83.